The third kappa shape index (κ3) is 5.34. The maximum atomic E-state index is 13.1. The van der Waals surface area contributed by atoms with Crippen molar-refractivity contribution >= 4 is 11.6 Å². The van der Waals surface area contributed by atoms with Crippen molar-refractivity contribution in [2.24, 2.45) is 0 Å². The zero-order valence-corrected chi connectivity index (χ0v) is 14.5. The van der Waals surface area contributed by atoms with Crippen molar-refractivity contribution in [2.45, 2.75) is 45.7 Å². The zero-order chi connectivity index (χ0) is 18.4. The molecule has 25 heavy (non-hydrogen) atoms. The highest BCUT2D eigenvalue weighted by atomic mass is 19.4. The Morgan fingerprint density at radius 3 is 2.40 bits per heavy atom. The number of halogens is 3. The second-order valence-electron chi connectivity index (χ2n) is 6.01. The van der Waals surface area contributed by atoms with Gasteiger partial charge in [-0.3, -0.25) is 0 Å². The molecule has 0 radical (unpaired) electrons. The number of nitrogens with one attached hydrogen (secondary N) is 1. The van der Waals surface area contributed by atoms with Crippen LogP contribution in [0.15, 0.2) is 30.5 Å². The molecule has 1 N–H and O–H groups in total. The Bertz CT molecular complexity index is 685. The van der Waals surface area contributed by atoms with E-state index < -0.39 is 17.6 Å². The van der Waals surface area contributed by atoms with Crippen molar-refractivity contribution in [3.8, 4) is 5.88 Å². The molecule has 1 aromatic carbocycles. The molecule has 0 spiro atoms. The number of anilines is 2. The third-order valence-electron chi connectivity index (χ3n) is 3.63. The van der Waals surface area contributed by atoms with Gasteiger partial charge in [0.05, 0.1) is 6.61 Å². The summed E-state index contributed by atoms with van der Waals surface area (Å²) in [5.41, 5.74) is 0.899. The van der Waals surface area contributed by atoms with Gasteiger partial charge in [0.2, 0.25) is 11.8 Å². The van der Waals surface area contributed by atoms with Crippen LogP contribution in [0.3, 0.4) is 0 Å². The van der Waals surface area contributed by atoms with E-state index in [0.29, 0.717) is 18.0 Å². The Morgan fingerprint density at radius 2 is 1.84 bits per heavy atom. The lowest BCUT2D eigenvalue weighted by molar-refractivity contribution is -0.139. The van der Waals surface area contributed by atoms with E-state index in [1.807, 2.05) is 31.2 Å². The number of nitrogens with zero attached hydrogens (tertiary/aromatic N) is 2. The van der Waals surface area contributed by atoms with Crippen LogP contribution in [0.5, 0.6) is 5.88 Å². The summed E-state index contributed by atoms with van der Waals surface area (Å²) in [5, 5.41) is 2.91. The van der Waals surface area contributed by atoms with Crippen LogP contribution in [-0.2, 0) is 6.18 Å². The molecule has 0 saturated carbocycles. The lowest BCUT2D eigenvalue weighted by atomic mass is 10.0. The first kappa shape index (κ1) is 19.0. The van der Waals surface area contributed by atoms with E-state index in [1.54, 1.807) is 0 Å². The van der Waals surface area contributed by atoms with Gasteiger partial charge in [0.1, 0.15) is 5.56 Å². The summed E-state index contributed by atoms with van der Waals surface area (Å²) < 4.78 is 44.4. The zero-order valence-electron chi connectivity index (χ0n) is 14.5. The predicted octanol–water partition coefficient (Wildman–Crippen LogP) is 5.54. The number of rotatable bonds is 7. The van der Waals surface area contributed by atoms with Gasteiger partial charge in [-0.05, 0) is 30.0 Å². The molecule has 2 aromatic rings. The molecule has 1 aromatic heterocycles. The molecule has 0 aliphatic carbocycles. The summed E-state index contributed by atoms with van der Waals surface area (Å²) in [5.74, 6) is 0.0176. The molecule has 7 heteroatoms. The van der Waals surface area contributed by atoms with Crippen molar-refractivity contribution in [2.75, 3.05) is 11.9 Å². The number of alkyl halides is 3. The summed E-state index contributed by atoms with van der Waals surface area (Å²) in [7, 11) is 0. The lowest BCUT2D eigenvalue weighted by Gasteiger charge is -2.14. The van der Waals surface area contributed by atoms with Crippen molar-refractivity contribution < 1.29 is 17.9 Å². The fraction of sp³-hybridized carbons (Fsp3) is 0.444. The highest BCUT2D eigenvalue weighted by Crippen LogP contribution is 2.35. The van der Waals surface area contributed by atoms with E-state index in [-0.39, 0.29) is 12.6 Å². The molecule has 4 nitrogen and oxygen atoms in total. The van der Waals surface area contributed by atoms with Crippen LogP contribution in [-0.4, -0.2) is 16.6 Å². The molecule has 0 saturated heterocycles. The molecule has 0 amide bonds. The number of hydrogen-bond acceptors (Lipinski definition) is 4. The largest absolute Gasteiger partial charge is 0.477 e. The molecule has 0 bridgehead atoms. The standard InChI is InChI=1S/C18H22F3N3O/c1-4-5-10-25-16-15(18(19,20)21)11-22-17(24-16)23-14-8-6-13(7-9-14)12(2)3/h6-9,11-12H,4-5,10H2,1-3H3,(H,22,23,24). The molecule has 0 atom stereocenters. The maximum absolute atomic E-state index is 13.1. The second-order valence-corrected chi connectivity index (χ2v) is 6.01. The fourth-order valence-electron chi connectivity index (χ4n) is 2.12. The fourth-order valence-corrected chi connectivity index (χ4v) is 2.12. The SMILES string of the molecule is CCCCOc1nc(Nc2ccc(C(C)C)cc2)ncc1C(F)(F)F. The average molecular weight is 353 g/mol. The first-order valence-corrected chi connectivity index (χ1v) is 8.25. The molecule has 1 heterocycles. The second kappa shape index (κ2) is 8.18. The first-order chi connectivity index (χ1) is 11.8. The number of aromatic nitrogens is 2. The number of benzene rings is 1. The smallest absolute Gasteiger partial charge is 0.423 e. The summed E-state index contributed by atoms with van der Waals surface area (Å²) in [6.45, 7) is 6.28. The molecular formula is C18H22F3N3O. The van der Waals surface area contributed by atoms with E-state index in [4.69, 9.17) is 4.74 Å². The Balaban J connectivity index is 2.21. The van der Waals surface area contributed by atoms with Gasteiger partial charge in [0.15, 0.2) is 0 Å². The minimum absolute atomic E-state index is 0.0665. The van der Waals surface area contributed by atoms with Gasteiger partial charge in [0.25, 0.3) is 0 Å². The Labute approximate surface area is 145 Å². The van der Waals surface area contributed by atoms with Gasteiger partial charge >= 0.3 is 6.18 Å². The Hall–Kier alpha value is -2.31. The number of ether oxygens (including phenoxy) is 1. The maximum Gasteiger partial charge on any atom is 0.423 e. The van der Waals surface area contributed by atoms with Gasteiger partial charge in [-0.15, -0.1) is 0 Å². The van der Waals surface area contributed by atoms with Crippen LogP contribution in [0.2, 0.25) is 0 Å². The number of hydrogen-bond donors (Lipinski definition) is 1. The first-order valence-electron chi connectivity index (χ1n) is 8.25. The molecule has 0 unspecified atom stereocenters. The summed E-state index contributed by atoms with van der Waals surface area (Å²) in [4.78, 5) is 7.66. The highest BCUT2D eigenvalue weighted by molar-refractivity contribution is 5.54. The monoisotopic (exact) mass is 353 g/mol. The van der Waals surface area contributed by atoms with Gasteiger partial charge in [0, 0.05) is 11.9 Å². The van der Waals surface area contributed by atoms with Crippen molar-refractivity contribution in [3.63, 3.8) is 0 Å². The minimum atomic E-state index is -4.56. The van der Waals surface area contributed by atoms with Crippen LogP contribution in [0.25, 0.3) is 0 Å². The highest BCUT2D eigenvalue weighted by Gasteiger charge is 2.36. The Morgan fingerprint density at radius 1 is 1.16 bits per heavy atom. The van der Waals surface area contributed by atoms with Gasteiger partial charge in [-0.2, -0.15) is 18.2 Å². The van der Waals surface area contributed by atoms with E-state index in [9.17, 15) is 13.2 Å². The van der Waals surface area contributed by atoms with Crippen molar-refractivity contribution in [1.82, 2.24) is 9.97 Å². The van der Waals surface area contributed by atoms with Crippen LogP contribution in [0, 0.1) is 0 Å². The summed E-state index contributed by atoms with van der Waals surface area (Å²) in [6, 6.07) is 7.59. The molecule has 136 valence electrons. The van der Waals surface area contributed by atoms with E-state index in [2.05, 4.69) is 29.1 Å². The van der Waals surface area contributed by atoms with Crippen LogP contribution in [0.1, 0.15) is 50.7 Å². The van der Waals surface area contributed by atoms with Crippen molar-refractivity contribution in [1.29, 1.82) is 0 Å². The molecule has 0 fully saturated rings. The van der Waals surface area contributed by atoms with Crippen molar-refractivity contribution in [3.05, 3.63) is 41.6 Å². The Kier molecular flexibility index (Phi) is 6.22. The van der Waals surface area contributed by atoms with Crippen LogP contribution < -0.4 is 10.1 Å². The van der Waals surface area contributed by atoms with E-state index in [0.717, 1.165) is 12.6 Å². The van der Waals surface area contributed by atoms with Gasteiger partial charge < -0.3 is 10.1 Å². The summed E-state index contributed by atoms with van der Waals surface area (Å²) in [6.07, 6.45) is -2.33. The molecule has 0 aliphatic rings. The lowest BCUT2D eigenvalue weighted by Crippen LogP contribution is -2.13. The van der Waals surface area contributed by atoms with Crippen LogP contribution in [0.4, 0.5) is 24.8 Å². The molecular weight excluding hydrogens is 331 g/mol. The van der Waals surface area contributed by atoms with E-state index >= 15 is 0 Å². The van der Waals surface area contributed by atoms with E-state index in [1.165, 1.54) is 5.56 Å². The third-order valence-corrected chi connectivity index (χ3v) is 3.63. The van der Waals surface area contributed by atoms with Crippen LogP contribution >= 0.6 is 0 Å². The summed E-state index contributed by atoms with van der Waals surface area (Å²) >= 11 is 0. The predicted molar refractivity (Wildman–Crippen MR) is 91.3 cm³/mol. The number of unbranched alkanes of at least 4 members (excludes halogenated alkanes) is 1. The quantitative estimate of drug-likeness (QED) is 0.664. The van der Waals surface area contributed by atoms with Gasteiger partial charge in [-0.25, -0.2) is 4.98 Å². The topological polar surface area (TPSA) is 47.0 Å². The molecule has 2 rings (SSSR count). The molecule has 0 aliphatic heterocycles. The minimum Gasteiger partial charge on any atom is -0.477 e. The van der Waals surface area contributed by atoms with Gasteiger partial charge in [-0.1, -0.05) is 39.3 Å². The average Bonchev–Trinajstić information content (AvgIpc) is 2.55. The normalized spacial score (nSPS) is 11.6.